The lowest BCUT2D eigenvalue weighted by Gasteiger charge is -2.12. The highest BCUT2D eigenvalue weighted by Gasteiger charge is 2.17. The van der Waals surface area contributed by atoms with Gasteiger partial charge < -0.3 is 4.42 Å². The molecule has 46 heavy (non-hydrogen) atoms. The molecule has 4 nitrogen and oxygen atoms in total. The van der Waals surface area contributed by atoms with Gasteiger partial charge in [-0.05, 0) is 35.4 Å². The van der Waals surface area contributed by atoms with Crippen molar-refractivity contribution in [2.75, 3.05) is 0 Å². The zero-order chi connectivity index (χ0) is 30.5. The van der Waals surface area contributed by atoms with Crippen LogP contribution in [0.15, 0.2) is 156 Å². The van der Waals surface area contributed by atoms with Crippen LogP contribution in [0.2, 0.25) is 0 Å². The maximum atomic E-state index is 6.13. The lowest BCUT2D eigenvalue weighted by atomic mass is 9.99. The topological polar surface area (TPSA) is 51.8 Å². The maximum Gasteiger partial charge on any atom is 0.164 e. The molecular formula is C41H25N3OS. The van der Waals surface area contributed by atoms with Crippen LogP contribution < -0.4 is 0 Å². The molecule has 0 bridgehead atoms. The van der Waals surface area contributed by atoms with Crippen LogP contribution in [-0.4, -0.2) is 15.0 Å². The molecule has 3 heterocycles. The molecule has 0 aliphatic carbocycles. The van der Waals surface area contributed by atoms with Gasteiger partial charge in [0, 0.05) is 47.8 Å². The molecule has 0 N–H and O–H groups in total. The van der Waals surface area contributed by atoms with Gasteiger partial charge in [-0.3, -0.25) is 0 Å². The van der Waals surface area contributed by atoms with Gasteiger partial charge in [0.15, 0.2) is 17.5 Å². The minimum absolute atomic E-state index is 0.621. The van der Waals surface area contributed by atoms with E-state index in [4.69, 9.17) is 19.4 Å². The van der Waals surface area contributed by atoms with Crippen LogP contribution >= 0.6 is 11.3 Å². The van der Waals surface area contributed by atoms with Crippen molar-refractivity contribution < 1.29 is 4.42 Å². The van der Waals surface area contributed by atoms with Gasteiger partial charge in [0.2, 0.25) is 0 Å². The lowest BCUT2D eigenvalue weighted by molar-refractivity contribution is 0.631. The predicted octanol–water partition coefficient (Wildman–Crippen LogP) is 11.3. The highest BCUT2D eigenvalue weighted by atomic mass is 32.1. The zero-order valence-electron chi connectivity index (χ0n) is 24.6. The minimum atomic E-state index is 0.621. The molecule has 216 valence electrons. The first-order valence-corrected chi connectivity index (χ1v) is 16.0. The Morgan fingerprint density at radius 2 is 1.04 bits per heavy atom. The Kier molecular flexibility index (Phi) is 6.28. The Balaban J connectivity index is 1.20. The van der Waals surface area contributed by atoms with E-state index in [1.807, 2.05) is 30.3 Å². The molecule has 0 fully saturated rings. The molecule has 6 aromatic carbocycles. The quantitative estimate of drug-likeness (QED) is 0.195. The SMILES string of the molecule is c1ccc(-c2ccccc2-c2nc(-c3ccc(-c4cc5ccccc5o4)cc3)nc(-c3ccc4c(c3)sc3ccccc34)n2)cc1. The highest BCUT2D eigenvalue weighted by molar-refractivity contribution is 7.25. The molecule has 3 aromatic heterocycles. The normalized spacial score (nSPS) is 11.5. The summed E-state index contributed by atoms with van der Waals surface area (Å²) in [7, 11) is 0. The van der Waals surface area contributed by atoms with Gasteiger partial charge in [0.05, 0.1) is 0 Å². The molecule has 0 saturated heterocycles. The molecule has 0 amide bonds. The number of para-hydroxylation sites is 1. The van der Waals surface area contributed by atoms with Crippen LogP contribution in [0.4, 0.5) is 0 Å². The fraction of sp³-hybridized carbons (Fsp3) is 0. The molecule has 0 radical (unpaired) electrons. The van der Waals surface area contributed by atoms with E-state index in [2.05, 4.69) is 121 Å². The Hall–Kier alpha value is -5.91. The van der Waals surface area contributed by atoms with Crippen molar-refractivity contribution in [3.05, 3.63) is 152 Å². The van der Waals surface area contributed by atoms with Crippen LogP contribution in [0.25, 0.3) is 87.8 Å². The van der Waals surface area contributed by atoms with Crippen molar-refractivity contribution in [3.8, 4) is 56.6 Å². The summed E-state index contributed by atoms with van der Waals surface area (Å²) in [6.07, 6.45) is 0. The van der Waals surface area contributed by atoms with Gasteiger partial charge >= 0.3 is 0 Å². The van der Waals surface area contributed by atoms with Crippen molar-refractivity contribution in [3.63, 3.8) is 0 Å². The van der Waals surface area contributed by atoms with Crippen molar-refractivity contribution in [2.45, 2.75) is 0 Å². The molecule has 0 unspecified atom stereocenters. The van der Waals surface area contributed by atoms with Gasteiger partial charge in [-0.2, -0.15) is 0 Å². The summed E-state index contributed by atoms with van der Waals surface area (Å²) in [5.41, 5.74) is 6.89. The van der Waals surface area contributed by atoms with E-state index in [1.54, 1.807) is 11.3 Å². The van der Waals surface area contributed by atoms with Gasteiger partial charge in [0.1, 0.15) is 11.3 Å². The number of furan rings is 1. The van der Waals surface area contributed by atoms with Crippen molar-refractivity contribution in [2.24, 2.45) is 0 Å². The minimum Gasteiger partial charge on any atom is -0.456 e. The molecule has 5 heteroatoms. The summed E-state index contributed by atoms with van der Waals surface area (Å²) in [5.74, 6) is 2.73. The fourth-order valence-corrected chi connectivity index (χ4v) is 7.22. The largest absolute Gasteiger partial charge is 0.456 e. The molecule has 0 aliphatic heterocycles. The summed E-state index contributed by atoms with van der Waals surface area (Å²) in [6.45, 7) is 0. The number of benzene rings is 6. The summed E-state index contributed by atoms with van der Waals surface area (Å²) in [4.78, 5) is 15.2. The first kappa shape index (κ1) is 26.5. The number of hydrogen-bond donors (Lipinski definition) is 0. The molecule has 9 aromatic rings. The van der Waals surface area contributed by atoms with E-state index < -0.39 is 0 Å². The molecule has 0 aliphatic rings. The van der Waals surface area contributed by atoms with Crippen LogP contribution in [0.1, 0.15) is 0 Å². The second-order valence-corrected chi connectivity index (χ2v) is 12.3. The van der Waals surface area contributed by atoms with Crippen molar-refractivity contribution in [1.29, 1.82) is 0 Å². The highest BCUT2D eigenvalue weighted by Crippen LogP contribution is 2.37. The third-order valence-corrected chi connectivity index (χ3v) is 9.51. The average Bonchev–Trinajstić information content (AvgIpc) is 3.73. The van der Waals surface area contributed by atoms with E-state index >= 15 is 0 Å². The molecule has 0 atom stereocenters. The van der Waals surface area contributed by atoms with E-state index in [1.165, 1.54) is 20.2 Å². The standard InChI is InChI=1S/C41H25N3OS/c1-2-10-26(11-3-1)31-13-5-6-15-34(31)41-43-39(28-20-18-27(19-21-28)36-24-29-12-4-8-16-35(29)45-36)42-40(44-41)30-22-23-33-32-14-7-9-17-37(32)46-38(33)25-30/h1-25H. The second-order valence-electron chi connectivity index (χ2n) is 11.3. The molecule has 0 saturated carbocycles. The van der Waals surface area contributed by atoms with Crippen LogP contribution in [-0.2, 0) is 0 Å². The Morgan fingerprint density at radius 3 is 1.89 bits per heavy atom. The van der Waals surface area contributed by atoms with E-state index in [0.29, 0.717) is 17.5 Å². The first-order chi connectivity index (χ1) is 22.8. The summed E-state index contributed by atoms with van der Waals surface area (Å²) < 4.78 is 8.61. The Bertz CT molecular complexity index is 2500. The average molecular weight is 608 g/mol. The third-order valence-electron chi connectivity index (χ3n) is 8.38. The van der Waals surface area contributed by atoms with Gasteiger partial charge in [-0.25, -0.2) is 15.0 Å². The predicted molar refractivity (Wildman–Crippen MR) is 190 cm³/mol. The Labute approximate surface area is 269 Å². The van der Waals surface area contributed by atoms with Gasteiger partial charge in [0.25, 0.3) is 0 Å². The first-order valence-electron chi connectivity index (χ1n) is 15.2. The smallest absolute Gasteiger partial charge is 0.164 e. The lowest BCUT2D eigenvalue weighted by Crippen LogP contribution is -2.01. The summed E-state index contributed by atoms with van der Waals surface area (Å²) in [6, 6.07) is 52.1. The Morgan fingerprint density at radius 1 is 0.413 bits per heavy atom. The van der Waals surface area contributed by atoms with Crippen LogP contribution in [0.5, 0.6) is 0 Å². The van der Waals surface area contributed by atoms with Gasteiger partial charge in [-0.15, -0.1) is 11.3 Å². The molecule has 0 spiro atoms. The number of thiophene rings is 1. The van der Waals surface area contributed by atoms with Crippen molar-refractivity contribution >= 4 is 42.5 Å². The van der Waals surface area contributed by atoms with E-state index in [0.717, 1.165) is 50.1 Å². The van der Waals surface area contributed by atoms with E-state index in [9.17, 15) is 0 Å². The molecule has 9 rings (SSSR count). The monoisotopic (exact) mass is 607 g/mol. The number of aromatic nitrogens is 3. The number of rotatable bonds is 5. The van der Waals surface area contributed by atoms with Crippen molar-refractivity contribution in [1.82, 2.24) is 15.0 Å². The number of fused-ring (bicyclic) bond motifs is 4. The molecular weight excluding hydrogens is 583 g/mol. The maximum absolute atomic E-state index is 6.13. The summed E-state index contributed by atoms with van der Waals surface area (Å²) in [5, 5.41) is 3.60. The number of nitrogens with zero attached hydrogens (tertiary/aromatic N) is 3. The third kappa shape index (κ3) is 4.66. The fourth-order valence-electron chi connectivity index (χ4n) is 6.07. The van der Waals surface area contributed by atoms with Crippen LogP contribution in [0.3, 0.4) is 0 Å². The zero-order valence-corrected chi connectivity index (χ0v) is 25.4. The second kappa shape index (κ2) is 10.9. The van der Waals surface area contributed by atoms with Crippen LogP contribution in [0, 0.1) is 0 Å². The summed E-state index contributed by atoms with van der Waals surface area (Å²) >= 11 is 1.79. The number of hydrogen-bond acceptors (Lipinski definition) is 5. The van der Waals surface area contributed by atoms with E-state index in [-0.39, 0.29) is 0 Å². The van der Waals surface area contributed by atoms with Gasteiger partial charge in [-0.1, -0.05) is 127 Å².